The maximum Gasteiger partial charge on any atom is 0.528 e. The summed E-state index contributed by atoms with van der Waals surface area (Å²) in [4.78, 5) is 17.0. The molecule has 1 aliphatic rings. The monoisotopic (exact) mass is 471 g/mol. The third kappa shape index (κ3) is 5.58. The smallest absolute Gasteiger partial charge is 0.494 e. The highest BCUT2D eigenvalue weighted by Gasteiger charge is 2.34. The van der Waals surface area contributed by atoms with Gasteiger partial charge in [-0.05, 0) is 45.0 Å². The van der Waals surface area contributed by atoms with E-state index in [9.17, 15) is 4.79 Å². The molecular formula is C24H26ClN3O5. The lowest BCUT2D eigenvalue weighted by molar-refractivity contribution is -0.207. The molecule has 9 heteroatoms. The van der Waals surface area contributed by atoms with Gasteiger partial charge in [0.15, 0.2) is 0 Å². The first-order valence-electron chi connectivity index (χ1n) is 10.5. The van der Waals surface area contributed by atoms with Crippen molar-refractivity contribution in [2.24, 2.45) is 0 Å². The van der Waals surface area contributed by atoms with Gasteiger partial charge in [-0.25, -0.2) is 9.48 Å². The molecule has 2 aromatic carbocycles. The average Bonchev–Trinajstić information content (AvgIpc) is 3.15. The molecule has 0 spiro atoms. The van der Waals surface area contributed by atoms with Crippen molar-refractivity contribution in [2.45, 2.75) is 32.5 Å². The lowest BCUT2D eigenvalue weighted by Gasteiger charge is -2.36. The number of nitrogens with zero attached hydrogens (tertiary/aromatic N) is 3. The summed E-state index contributed by atoms with van der Waals surface area (Å²) >= 11 is 6.07. The van der Waals surface area contributed by atoms with Gasteiger partial charge in [0.05, 0.1) is 25.9 Å². The zero-order chi connectivity index (χ0) is 23.6. The lowest BCUT2D eigenvalue weighted by atomic mass is 10.1. The Morgan fingerprint density at radius 2 is 1.79 bits per heavy atom. The minimum atomic E-state index is -0.730. The first-order chi connectivity index (χ1) is 15.7. The number of hydroxylamine groups is 2. The molecule has 2 heterocycles. The van der Waals surface area contributed by atoms with Crippen molar-refractivity contribution < 1.29 is 23.8 Å². The highest BCUT2D eigenvalue weighted by Crippen LogP contribution is 2.32. The van der Waals surface area contributed by atoms with Gasteiger partial charge in [0, 0.05) is 16.7 Å². The van der Waals surface area contributed by atoms with Gasteiger partial charge in [0.1, 0.15) is 23.1 Å². The number of hydrogen-bond acceptors (Lipinski definition) is 7. The number of hydrogen-bond donors (Lipinski definition) is 0. The van der Waals surface area contributed by atoms with E-state index in [1.165, 1.54) is 5.06 Å². The molecule has 0 unspecified atom stereocenters. The Labute approximate surface area is 197 Å². The van der Waals surface area contributed by atoms with E-state index in [-0.39, 0.29) is 6.10 Å². The van der Waals surface area contributed by atoms with E-state index >= 15 is 0 Å². The molecule has 33 heavy (non-hydrogen) atoms. The van der Waals surface area contributed by atoms with Gasteiger partial charge in [0.25, 0.3) is 0 Å². The second-order valence-electron chi connectivity index (χ2n) is 8.60. The average molecular weight is 472 g/mol. The molecular weight excluding hydrogens is 446 g/mol. The largest absolute Gasteiger partial charge is 0.528 e. The summed E-state index contributed by atoms with van der Waals surface area (Å²) in [7, 11) is 1.62. The Balaban J connectivity index is 1.51. The van der Waals surface area contributed by atoms with Crippen LogP contribution < -0.4 is 9.47 Å². The van der Waals surface area contributed by atoms with E-state index in [1.54, 1.807) is 32.6 Å². The predicted molar refractivity (Wildman–Crippen MR) is 124 cm³/mol. The SMILES string of the molecule is COc1ccccc1-n1nc(OC2CN(OC(=O)OC(C)(C)C)C2)cc1-c1ccc(Cl)cc1. The standard InChI is InChI=1S/C24H26ClN3O5/c1-24(2,3)32-23(29)33-27-14-18(15-27)31-22-13-20(16-9-11-17(25)12-10-16)28(26-22)19-7-5-6-8-21(19)30-4/h5-13,18H,14-15H2,1-4H3. The zero-order valence-corrected chi connectivity index (χ0v) is 19.7. The molecule has 0 saturated carbocycles. The molecule has 8 nitrogen and oxygen atoms in total. The topological polar surface area (TPSA) is 75.0 Å². The lowest BCUT2D eigenvalue weighted by Crippen LogP contribution is -2.54. The summed E-state index contributed by atoms with van der Waals surface area (Å²) in [6.45, 7) is 6.18. The molecule has 4 rings (SSSR count). The van der Waals surface area contributed by atoms with Crippen LogP contribution in [-0.4, -0.2) is 52.9 Å². The second-order valence-corrected chi connectivity index (χ2v) is 9.04. The molecule has 3 aromatic rings. The van der Waals surface area contributed by atoms with Gasteiger partial charge in [-0.2, -0.15) is 0 Å². The summed E-state index contributed by atoms with van der Waals surface area (Å²) in [5.74, 6) is 1.13. The first-order valence-corrected chi connectivity index (χ1v) is 10.9. The van der Waals surface area contributed by atoms with E-state index in [0.29, 0.717) is 29.7 Å². The molecule has 0 aliphatic carbocycles. The maximum atomic E-state index is 11.8. The van der Waals surface area contributed by atoms with E-state index < -0.39 is 11.8 Å². The number of halogens is 1. The fraction of sp³-hybridized carbons (Fsp3) is 0.333. The Kier molecular flexibility index (Phi) is 6.49. The van der Waals surface area contributed by atoms with E-state index in [1.807, 2.05) is 54.6 Å². The van der Waals surface area contributed by atoms with Gasteiger partial charge < -0.3 is 19.0 Å². The van der Waals surface area contributed by atoms with Crippen LogP contribution in [0.2, 0.25) is 5.02 Å². The van der Waals surface area contributed by atoms with Gasteiger partial charge in [-0.15, -0.1) is 10.2 Å². The number of rotatable bonds is 6. The van der Waals surface area contributed by atoms with Crippen LogP contribution in [0.3, 0.4) is 0 Å². The van der Waals surface area contributed by atoms with Crippen molar-refractivity contribution in [1.29, 1.82) is 0 Å². The molecule has 1 fully saturated rings. The van der Waals surface area contributed by atoms with Crippen LogP contribution in [0.5, 0.6) is 11.6 Å². The Bertz CT molecular complexity index is 1120. The predicted octanol–water partition coefficient (Wildman–Crippen LogP) is 5.13. The van der Waals surface area contributed by atoms with Crippen LogP contribution in [0.1, 0.15) is 20.8 Å². The number of carbonyl (C=O) groups excluding carboxylic acids is 1. The van der Waals surface area contributed by atoms with Crippen molar-refractivity contribution >= 4 is 17.8 Å². The van der Waals surface area contributed by atoms with E-state index in [0.717, 1.165) is 16.9 Å². The third-order valence-corrected chi connectivity index (χ3v) is 5.09. The van der Waals surface area contributed by atoms with Crippen LogP contribution in [0.4, 0.5) is 4.79 Å². The number of methoxy groups -OCH3 is 1. The normalized spacial score (nSPS) is 14.5. The minimum Gasteiger partial charge on any atom is -0.494 e. The van der Waals surface area contributed by atoms with E-state index in [4.69, 9.17) is 30.6 Å². The molecule has 0 amide bonds. The molecule has 174 valence electrons. The molecule has 0 atom stereocenters. The van der Waals surface area contributed by atoms with Crippen molar-refractivity contribution in [3.8, 4) is 28.6 Å². The van der Waals surface area contributed by atoms with Crippen LogP contribution in [0.15, 0.2) is 54.6 Å². The summed E-state index contributed by atoms with van der Waals surface area (Å²) in [5, 5.41) is 6.82. The number of aromatic nitrogens is 2. The molecule has 1 aromatic heterocycles. The first kappa shape index (κ1) is 22.9. The molecule has 1 aliphatic heterocycles. The molecule has 1 saturated heterocycles. The number of para-hydroxylation sites is 2. The van der Waals surface area contributed by atoms with Gasteiger partial charge in [-0.1, -0.05) is 35.9 Å². The fourth-order valence-corrected chi connectivity index (χ4v) is 3.45. The van der Waals surface area contributed by atoms with Crippen LogP contribution in [0, 0.1) is 0 Å². The summed E-state index contributed by atoms with van der Waals surface area (Å²) < 4.78 is 18.5. The quantitative estimate of drug-likeness (QED) is 0.461. The Morgan fingerprint density at radius 1 is 1.09 bits per heavy atom. The molecule has 0 N–H and O–H groups in total. The van der Waals surface area contributed by atoms with Crippen LogP contribution in [0.25, 0.3) is 16.9 Å². The van der Waals surface area contributed by atoms with Crippen LogP contribution in [-0.2, 0) is 9.57 Å². The number of carbonyl (C=O) groups is 1. The van der Waals surface area contributed by atoms with Crippen molar-refractivity contribution in [2.75, 3.05) is 20.2 Å². The minimum absolute atomic E-state index is 0.175. The Hall–Kier alpha value is -3.23. The van der Waals surface area contributed by atoms with Crippen LogP contribution >= 0.6 is 11.6 Å². The summed E-state index contributed by atoms with van der Waals surface area (Å²) in [6.07, 6.45) is -0.905. The molecule has 0 bridgehead atoms. The Morgan fingerprint density at radius 3 is 2.45 bits per heavy atom. The van der Waals surface area contributed by atoms with Gasteiger partial charge >= 0.3 is 6.16 Å². The second kappa shape index (κ2) is 9.33. The van der Waals surface area contributed by atoms with Gasteiger partial charge in [0.2, 0.25) is 5.88 Å². The number of ether oxygens (including phenoxy) is 3. The zero-order valence-electron chi connectivity index (χ0n) is 18.9. The highest BCUT2D eigenvalue weighted by molar-refractivity contribution is 6.30. The third-order valence-electron chi connectivity index (χ3n) is 4.84. The number of benzene rings is 2. The van der Waals surface area contributed by atoms with E-state index in [2.05, 4.69) is 5.10 Å². The summed E-state index contributed by atoms with van der Waals surface area (Å²) in [5.41, 5.74) is 1.92. The fourth-order valence-electron chi connectivity index (χ4n) is 3.33. The van der Waals surface area contributed by atoms with Crippen molar-refractivity contribution in [3.05, 3.63) is 59.6 Å². The van der Waals surface area contributed by atoms with Crippen molar-refractivity contribution in [3.63, 3.8) is 0 Å². The maximum absolute atomic E-state index is 11.8. The summed E-state index contributed by atoms with van der Waals surface area (Å²) in [6, 6.07) is 17.0. The van der Waals surface area contributed by atoms with Crippen molar-refractivity contribution in [1.82, 2.24) is 14.8 Å². The van der Waals surface area contributed by atoms with Gasteiger partial charge in [-0.3, -0.25) is 0 Å². The highest BCUT2D eigenvalue weighted by atomic mass is 35.5. The molecule has 0 radical (unpaired) electrons.